The molecule has 2 aromatic rings. The van der Waals surface area contributed by atoms with Gasteiger partial charge in [-0.05, 0) is 25.3 Å². The highest BCUT2D eigenvalue weighted by molar-refractivity contribution is 5.75. The fourth-order valence-electron chi connectivity index (χ4n) is 3.21. The van der Waals surface area contributed by atoms with E-state index in [1.807, 2.05) is 6.07 Å². The maximum atomic E-state index is 11.1. The van der Waals surface area contributed by atoms with Crippen LogP contribution >= 0.6 is 0 Å². The summed E-state index contributed by atoms with van der Waals surface area (Å²) in [4.78, 5) is 15.7. The number of hydrogen-bond donors (Lipinski definition) is 0. The van der Waals surface area contributed by atoms with Crippen LogP contribution in [-0.4, -0.2) is 15.9 Å². The monoisotopic (exact) mass is 284 g/mol. The Morgan fingerprint density at radius 1 is 1.24 bits per heavy atom. The number of rotatable bonds is 5. The summed E-state index contributed by atoms with van der Waals surface area (Å²) in [7, 11) is 0. The Morgan fingerprint density at radius 3 is 2.62 bits per heavy atom. The SMILES string of the molecule is CC(=O)CCc1nc(C2(c3ccccc3)CCCC2)no1. The first-order chi connectivity index (χ1) is 10.2. The van der Waals surface area contributed by atoms with Crippen molar-refractivity contribution >= 4 is 5.78 Å². The number of hydrogen-bond acceptors (Lipinski definition) is 4. The molecule has 0 aliphatic heterocycles. The molecular weight excluding hydrogens is 264 g/mol. The first kappa shape index (κ1) is 14.0. The van der Waals surface area contributed by atoms with Crippen LogP contribution in [0.5, 0.6) is 0 Å². The van der Waals surface area contributed by atoms with E-state index in [0.29, 0.717) is 18.7 Å². The number of ketones is 1. The molecule has 0 amide bonds. The summed E-state index contributed by atoms with van der Waals surface area (Å²) in [6, 6.07) is 10.5. The van der Waals surface area contributed by atoms with Crippen molar-refractivity contribution in [1.82, 2.24) is 10.1 Å². The molecule has 0 N–H and O–H groups in total. The number of Topliss-reactive ketones (excluding diaryl/α,β-unsaturated/α-hetero) is 1. The number of aryl methyl sites for hydroxylation is 1. The van der Waals surface area contributed by atoms with E-state index in [9.17, 15) is 4.79 Å². The molecule has 1 aliphatic carbocycles. The Kier molecular flexibility index (Phi) is 3.86. The summed E-state index contributed by atoms with van der Waals surface area (Å²) >= 11 is 0. The summed E-state index contributed by atoms with van der Waals surface area (Å²) in [5.74, 6) is 1.50. The second-order valence-corrected chi connectivity index (χ2v) is 5.87. The lowest BCUT2D eigenvalue weighted by molar-refractivity contribution is -0.117. The Hall–Kier alpha value is -1.97. The summed E-state index contributed by atoms with van der Waals surface area (Å²) < 4.78 is 5.36. The Labute approximate surface area is 124 Å². The van der Waals surface area contributed by atoms with E-state index in [-0.39, 0.29) is 11.2 Å². The molecule has 0 saturated heterocycles. The van der Waals surface area contributed by atoms with Gasteiger partial charge in [-0.3, -0.25) is 0 Å². The second kappa shape index (κ2) is 5.80. The Morgan fingerprint density at radius 2 is 1.95 bits per heavy atom. The van der Waals surface area contributed by atoms with Gasteiger partial charge in [-0.15, -0.1) is 0 Å². The van der Waals surface area contributed by atoms with Gasteiger partial charge >= 0.3 is 0 Å². The molecular formula is C17H20N2O2. The third-order valence-electron chi connectivity index (χ3n) is 4.37. The van der Waals surface area contributed by atoms with Crippen LogP contribution in [0.2, 0.25) is 0 Å². The molecule has 0 bridgehead atoms. The Balaban J connectivity index is 1.90. The Bertz CT molecular complexity index is 613. The zero-order valence-electron chi connectivity index (χ0n) is 12.3. The van der Waals surface area contributed by atoms with Crippen LogP contribution in [0.25, 0.3) is 0 Å². The summed E-state index contributed by atoms with van der Waals surface area (Å²) in [5.41, 5.74) is 1.15. The minimum Gasteiger partial charge on any atom is -0.339 e. The average molecular weight is 284 g/mol. The largest absolute Gasteiger partial charge is 0.339 e. The fraction of sp³-hybridized carbons (Fsp3) is 0.471. The first-order valence-corrected chi connectivity index (χ1v) is 7.59. The van der Waals surface area contributed by atoms with Crippen LogP contribution in [0.3, 0.4) is 0 Å². The molecule has 110 valence electrons. The average Bonchev–Trinajstić information content (AvgIpc) is 3.16. The van der Waals surface area contributed by atoms with Gasteiger partial charge in [0.15, 0.2) is 5.82 Å². The highest BCUT2D eigenvalue weighted by atomic mass is 16.5. The molecule has 1 fully saturated rings. The van der Waals surface area contributed by atoms with Crippen molar-refractivity contribution in [1.29, 1.82) is 0 Å². The lowest BCUT2D eigenvalue weighted by Gasteiger charge is -2.25. The standard InChI is InChI=1S/C17H20N2O2/c1-13(20)9-10-15-18-16(19-21-15)17(11-5-6-12-17)14-7-3-2-4-8-14/h2-4,7-8H,5-6,9-12H2,1H3. The van der Waals surface area contributed by atoms with Gasteiger partial charge in [0.25, 0.3) is 0 Å². The molecule has 1 aromatic carbocycles. The molecule has 1 aromatic heterocycles. The van der Waals surface area contributed by atoms with Gasteiger partial charge in [-0.25, -0.2) is 0 Å². The van der Waals surface area contributed by atoms with Crippen LogP contribution in [0.15, 0.2) is 34.9 Å². The minimum absolute atomic E-state index is 0.112. The molecule has 21 heavy (non-hydrogen) atoms. The topological polar surface area (TPSA) is 56.0 Å². The lowest BCUT2D eigenvalue weighted by atomic mass is 9.78. The van der Waals surface area contributed by atoms with E-state index in [1.54, 1.807) is 6.92 Å². The van der Waals surface area contributed by atoms with Gasteiger partial charge in [-0.2, -0.15) is 4.98 Å². The lowest BCUT2D eigenvalue weighted by Crippen LogP contribution is -2.25. The van der Waals surface area contributed by atoms with Gasteiger partial charge in [0.1, 0.15) is 5.78 Å². The van der Waals surface area contributed by atoms with Crippen LogP contribution in [-0.2, 0) is 16.6 Å². The van der Waals surface area contributed by atoms with Crippen LogP contribution < -0.4 is 0 Å². The molecule has 4 nitrogen and oxygen atoms in total. The van der Waals surface area contributed by atoms with E-state index < -0.39 is 0 Å². The van der Waals surface area contributed by atoms with Crippen molar-refractivity contribution in [2.45, 2.75) is 50.9 Å². The van der Waals surface area contributed by atoms with Crippen LogP contribution in [0.1, 0.15) is 56.3 Å². The van der Waals surface area contributed by atoms with E-state index in [1.165, 1.54) is 18.4 Å². The molecule has 1 heterocycles. The highest BCUT2D eigenvalue weighted by Crippen LogP contribution is 2.45. The first-order valence-electron chi connectivity index (χ1n) is 7.59. The summed E-state index contributed by atoms with van der Waals surface area (Å²) in [6.45, 7) is 1.58. The summed E-state index contributed by atoms with van der Waals surface area (Å²) in [6.07, 6.45) is 5.48. The molecule has 1 saturated carbocycles. The van der Waals surface area contributed by atoms with Crippen LogP contribution in [0.4, 0.5) is 0 Å². The van der Waals surface area contributed by atoms with Crippen LogP contribution in [0, 0.1) is 0 Å². The predicted molar refractivity (Wildman–Crippen MR) is 79.0 cm³/mol. The van der Waals surface area contributed by atoms with Crippen molar-refractivity contribution in [3.05, 3.63) is 47.6 Å². The molecule has 0 atom stereocenters. The zero-order valence-corrected chi connectivity index (χ0v) is 12.3. The third-order valence-corrected chi connectivity index (χ3v) is 4.37. The number of carbonyl (C=O) groups excluding carboxylic acids is 1. The van der Waals surface area contributed by atoms with Gasteiger partial charge in [-0.1, -0.05) is 48.3 Å². The number of aromatic nitrogens is 2. The van der Waals surface area contributed by atoms with Crippen molar-refractivity contribution in [3.63, 3.8) is 0 Å². The fourth-order valence-corrected chi connectivity index (χ4v) is 3.21. The van der Waals surface area contributed by atoms with E-state index >= 15 is 0 Å². The van der Waals surface area contributed by atoms with Crippen molar-refractivity contribution in [2.24, 2.45) is 0 Å². The predicted octanol–water partition coefficient (Wildman–Crippen LogP) is 3.45. The maximum Gasteiger partial charge on any atom is 0.227 e. The summed E-state index contributed by atoms with van der Waals surface area (Å²) in [5, 5.41) is 4.23. The van der Waals surface area contributed by atoms with E-state index in [0.717, 1.165) is 18.7 Å². The third kappa shape index (κ3) is 2.75. The molecule has 0 spiro atoms. The quantitative estimate of drug-likeness (QED) is 0.843. The minimum atomic E-state index is -0.112. The van der Waals surface area contributed by atoms with Gasteiger partial charge in [0.05, 0.1) is 5.41 Å². The number of benzene rings is 1. The van der Waals surface area contributed by atoms with Crippen molar-refractivity contribution in [2.75, 3.05) is 0 Å². The highest BCUT2D eigenvalue weighted by Gasteiger charge is 2.41. The van der Waals surface area contributed by atoms with Crippen molar-refractivity contribution < 1.29 is 9.32 Å². The van der Waals surface area contributed by atoms with E-state index in [2.05, 4.69) is 34.4 Å². The molecule has 0 unspecified atom stereocenters. The molecule has 0 radical (unpaired) electrons. The maximum absolute atomic E-state index is 11.1. The van der Waals surface area contributed by atoms with Gasteiger partial charge in [0, 0.05) is 12.8 Å². The molecule has 4 heteroatoms. The smallest absolute Gasteiger partial charge is 0.227 e. The molecule has 3 rings (SSSR count). The van der Waals surface area contributed by atoms with E-state index in [4.69, 9.17) is 4.52 Å². The van der Waals surface area contributed by atoms with Gasteiger partial charge in [0.2, 0.25) is 5.89 Å². The van der Waals surface area contributed by atoms with Gasteiger partial charge < -0.3 is 9.32 Å². The molecule has 1 aliphatic rings. The second-order valence-electron chi connectivity index (χ2n) is 5.87. The number of nitrogens with zero attached hydrogens (tertiary/aromatic N) is 2. The normalized spacial score (nSPS) is 17.0. The van der Waals surface area contributed by atoms with Crippen molar-refractivity contribution in [3.8, 4) is 0 Å². The number of carbonyl (C=O) groups is 1. The zero-order chi connectivity index (χ0) is 14.7.